The summed E-state index contributed by atoms with van der Waals surface area (Å²) >= 11 is 0. The molecule has 0 saturated heterocycles. The van der Waals surface area contributed by atoms with Crippen LogP contribution in [-0.4, -0.2) is 22.3 Å². The lowest BCUT2D eigenvalue weighted by Gasteiger charge is -2.30. The number of nitrogens with one attached hydrogen (secondary N) is 1. The zero-order chi connectivity index (χ0) is 23.7. The monoisotopic (exact) mass is 457 g/mol. The number of amides is 1. The van der Waals surface area contributed by atoms with Crippen LogP contribution >= 0.6 is 0 Å². The summed E-state index contributed by atoms with van der Waals surface area (Å²) in [6, 6.07) is 21.7. The first-order chi connectivity index (χ1) is 16.4. The summed E-state index contributed by atoms with van der Waals surface area (Å²) in [4.78, 5) is 19.8. The second kappa shape index (κ2) is 8.95. The van der Waals surface area contributed by atoms with E-state index in [0.29, 0.717) is 11.3 Å². The SMILES string of the molecule is CC(F)(F)c1ccc(NC(=O)c2cccc3c2CCN(Cc2ccnc4ccccc24)C3)cc1. The predicted octanol–water partition coefficient (Wildman–Crippen LogP) is 6.16. The number of carbonyl (C=O) groups excluding carboxylic acids is 1. The Balaban J connectivity index is 1.32. The van der Waals surface area contributed by atoms with Gasteiger partial charge in [0.1, 0.15) is 0 Å². The Hall–Kier alpha value is -3.64. The molecule has 6 heteroatoms. The molecule has 2 heterocycles. The van der Waals surface area contributed by atoms with Crippen LogP contribution in [-0.2, 0) is 25.4 Å². The average Bonchev–Trinajstić information content (AvgIpc) is 2.83. The van der Waals surface area contributed by atoms with E-state index in [2.05, 4.69) is 33.4 Å². The topological polar surface area (TPSA) is 45.2 Å². The van der Waals surface area contributed by atoms with Crippen LogP contribution in [0, 0.1) is 0 Å². The number of carbonyl (C=O) groups is 1. The fourth-order valence-electron chi connectivity index (χ4n) is 4.59. The molecule has 34 heavy (non-hydrogen) atoms. The summed E-state index contributed by atoms with van der Waals surface area (Å²) in [6.45, 7) is 3.27. The number of anilines is 1. The number of rotatable bonds is 5. The highest BCUT2D eigenvalue weighted by Gasteiger charge is 2.25. The smallest absolute Gasteiger partial charge is 0.270 e. The van der Waals surface area contributed by atoms with Crippen LogP contribution in [0.4, 0.5) is 14.5 Å². The second-order valence-corrected chi connectivity index (χ2v) is 8.81. The van der Waals surface area contributed by atoms with E-state index in [0.717, 1.165) is 55.0 Å². The molecule has 0 fully saturated rings. The number of benzene rings is 3. The van der Waals surface area contributed by atoms with Crippen molar-refractivity contribution in [3.63, 3.8) is 0 Å². The van der Waals surface area contributed by atoms with Gasteiger partial charge in [-0.25, -0.2) is 8.78 Å². The molecule has 5 rings (SSSR count). The van der Waals surface area contributed by atoms with E-state index in [-0.39, 0.29) is 11.5 Å². The van der Waals surface area contributed by atoms with Gasteiger partial charge in [0, 0.05) is 55.0 Å². The molecule has 1 amide bonds. The number of halogens is 2. The van der Waals surface area contributed by atoms with Gasteiger partial charge >= 0.3 is 0 Å². The van der Waals surface area contributed by atoms with Gasteiger partial charge in [0.2, 0.25) is 0 Å². The van der Waals surface area contributed by atoms with E-state index in [9.17, 15) is 13.6 Å². The standard InChI is InChI=1S/C28H25F2N3O/c1-28(29,30)21-9-11-22(12-10-21)32-27(34)25-7-4-5-19-17-33(16-14-23(19)25)18-20-13-15-31-26-8-3-2-6-24(20)26/h2-13,15H,14,16-18H2,1H3,(H,32,34). The van der Waals surface area contributed by atoms with Crippen LogP contribution in [0.5, 0.6) is 0 Å². The lowest BCUT2D eigenvalue weighted by molar-refractivity contribution is 0.0175. The molecule has 0 bridgehead atoms. The minimum Gasteiger partial charge on any atom is -0.322 e. The Kier molecular flexibility index (Phi) is 5.84. The zero-order valence-electron chi connectivity index (χ0n) is 18.9. The maximum atomic E-state index is 13.5. The molecule has 0 radical (unpaired) electrons. The van der Waals surface area contributed by atoms with Gasteiger partial charge in [-0.1, -0.05) is 42.5 Å². The minimum atomic E-state index is -2.91. The number of hydrogen-bond acceptors (Lipinski definition) is 3. The van der Waals surface area contributed by atoms with Crippen LogP contribution in [0.1, 0.15) is 39.5 Å². The Morgan fingerprint density at radius 1 is 1.03 bits per heavy atom. The van der Waals surface area contributed by atoms with Gasteiger partial charge in [0.15, 0.2) is 0 Å². The fraction of sp³-hybridized carbons (Fsp3) is 0.214. The zero-order valence-corrected chi connectivity index (χ0v) is 18.9. The first kappa shape index (κ1) is 22.2. The number of pyridine rings is 1. The lowest BCUT2D eigenvalue weighted by atomic mass is 9.93. The Morgan fingerprint density at radius 3 is 2.62 bits per heavy atom. The third kappa shape index (κ3) is 4.54. The number of nitrogens with zero attached hydrogens (tertiary/aromatic N) is 2. The fourth-order valence-corrected chi connectivity index (χ4v) is 4.59. The molecule has 1 aliphatic rings. The van der Waals surface area contributed by atoms with E-state index in [4.69, 9.17) is 0 Å². The first-order valence-corrected chi connectivity index (χ1v) is 11.3. The highest BCUT2D eigenvalue weighted by Crippen LogP contribution is 2.29. The summed E-state index contributed by atoms with van der Waals surface area (Å²) in [7, 11) is 0. The van der Waals surface area contributed by atoms with E-state index in [1.165, 1.54) is 29.8 Å². The van der Waals surface area contributed by atoms with Crippen molar-refractivity contribution in [3.05, 3.63) is 107 Å². The van der Waals surface area contributed by atoms with Crippen molar-refractivity contribution in [2.75, 3.05) is 11.9 Å². The molecule has 0 unspecified atom stereocenters. The van der Waals surface area contributed by atoms with Crippen LogP contribution in [0.25, 0.3) is 10.9 Å². The number of aromatic nitrogens is 1. The van der Waals surface area contributed by atoms with E-state index < -0.39 is 5.92 Å². The molecule has 4 aromatic rings. The van der Waals surface area contributed by atoms with Crippen LogP contribution < -0.4 is 5.32 Å². The molecule has 0 spiro atoms. The molecule has 1 aliphatic heterocycles. The third-order valence-electron chi connectivity index (χ3n) is 6.37. The largest absolute Gasteiger partial charge is 0.322 e. The minimum absolute atomic E-state index is 0.0790. The second-order valence-electron chi connectivity index (χ2n) is 8.81. The van der Waals surface area contributed by atoms with E-state index >= 15 is 0 Å². The number of alkyl halides is 2. The lowest BCUT2D eigenvalue weighted by Crippen LogP contribution is -2.31. The van der Waals surface area contributed by atoms with Crippen molar-refractivity contribution in [3.8, 4) is 0 Å². The molecule has 0 atom stereocenters. The quantitative estimate of drug-likeness (QED) is 0.391. The summed E-state index contributed by atoms with van der Waals surface area (Å²) in [6.07, 6.45) is 2.62. The van der Waals surface area contributed by atoms with Crippen molar-refractivity contribution in [1.82, 2.24) is 9.88 Å². The molecule has 0 saturated carbocycles. The van der Waals surface area contributed by atoms with Gasteiger partial charge in [-0.05, 0) is 53.4 Å². The predicted molar refractivity (Wildman–Crippen MR) is 130 cm³/mol. The summed E-state index contributed by atoms with van der Waals surface area (Å²) < 4.78 is 26.9. The van der Waals surface area contributed by atoms with Crippen LogP contribution in [0.3, 0.4) is 0 Å². The van der Waals surface area contributed by atoms with E-state index in [1.807, 2.05) is 36.5 Å². The maximum Gasteiger partial charge on any atom is 0.270 e. The van der Waals surface area contributed by atoms with Crippen molar-refractivity contribution in [2.24, 2.45) is 0 Å². The average molecular weight is 458 g/mol. The molecular formula is C28H25F2N3O. The van der Waals surface area contributed by atoms with E-state index in [1.54, 1.807) is 0 Å². The van der Waals surface area contributed by atoms with Crippen molar-refractivity contribution in [1.29, 1.82) is 0 Å². The number of para-hydroxylation sites is 1. The summed E-state index contributed by atoms with van der Waals surface area (Å²) in [5.41, 5.74) is 5.47. The van der Waals surface area contributed by atoms with Gasteiger partial charge in [-0.3, -0.25) is 14.7 Å². The first-order valence-electron chi connectivity index (χ1n) is 11.3. The van der Waals surface area contributed by atoms with Gasteiger partial charge < -0.3 is 5.32 Å². The highest BCUT2D eigenvalue weighted by molar-refractivity contribution is 6.05. The third-order valence-corrected chi connectivity index (χ3v) is 6.37. The molecule has 1 N–H and O–H groups in total. The molecule has 0 aliphatic carbocycles. The molecule has 1 aromatic heterocycles. The van der Waals surface area contributed by atoms with Crippen molar-refractivity contribution in [2.45, 2.75) is 32.4 Å². The van der Waals surface area contributed by atoms with Gasteiger partial charge in [0.05, 0.1) is 5.52 Å². The summed E-state index contributed by atoms with van der Waals surface area (Å²) in [5.74, 6) is -3.13. The van der Waals surface area contributed by atoms with Crippen LogP contribution in [0.15, 0.2) is 79.0 Å². The van der Waals surface area contributed by atoms with Gasteiger partial charge in [-0.15, -0.1) is 0 Å². The molecule has 172 valence electrons. The number of fused-ring (bicyclic) bond motifs is 2. The maximum absolute atomic E-state index is 13.5. The van der Waals surface area contributed by atoms with Crippen molar-refractivity contribution >= 4 is 22.5 Å². The van der Waals surface area contributed by atoms with Crippen LogP contribution in [0.2, 0.25) is 0 Å². The molecule has 4 nitrogen and oxygen atoms in total. The highest BCUT2D eigenvalue weighted by atomic mass is 19.3. The Labute approximate surface area is 197 Å². The Bertz CT molecular complexity index is 1340. The number of hydrogen-bond donors (Lipinski definition) is 1. The van der Waals surface area contributed by atoms with Crippen molar-refractivity contribution < 1.29 is 13.6 Å². The normalized spacial score (nSPS) is 14.1. The summed E-state index contributed by atoms with van der Waals surface area (Å²) in [5, 5.41) is 4.02. The van der Waals surface area contributed by atoms with Gasteiger partial charge in [-0.2, -0.15) is 0 Å². The molecule has 3 aromatic carbocycles. The van der Waals surface area contributed by atoms with Gasteiger partial charge in [0.25, 0.3) is 11.8 Å². The molecular weight excluding hydrogens is 432 g/mol. The Morgan fingerprint density at radius 2 is 1.82 bits per heavy atom.